The maximum atomic E-state index is 13.4. The molecule has 0 radical (unpaired) electrons. The second-order valence-electron chi connectivity index (χ2n) is 5.57. The number of hydrogen-bond donors (Lipinski definition) is 3. The lowest BCUT2D eigenvalue weighted by atomic mass is 10.1. The van der Waals surface area contributed by atoms with Crippen LogP contribution in [0, 0.1) is 5.82 Å². The Labute approximate surface area is 147 Å². The lowest BCUT2D eigenvalue weighted by Crippen LogP contribution is -2.37. The van der Waals surface area contributed by atoms with E-state index in [2.05, 4.69) is 20.8 Å². The average molecular weight is 348 g/mol. The Bertz CT molecular complexity index is 706. The van der Waals surface area contributed by atoms with Crippen molar-refractivity contribution in [2.45, 2.75) is 46.7 Å². The molecule has 0 aliphatic rings. The predicted molar refractivity (Wildman–Crippen MR) is 95.0 cm³/mol. The van der Waals surface area contributed by atoms with Gasteiger partial charge in [-0.1, -0.05) is 25.1 Å². The van der Waals surface area contributed by atoms with Crippen LogP contribution in [0.1, 0.15) is 43.4 Å². The third kappa shape index (κ3) is 4.95. The molecule has 2 rings (SSSR count). The minimum absolute atomic E-state index is 0.303. The molecule has 0 saturated heterocycles. The number of rotatable bonds is 7. The molecule has 0 amide bonds. The smallest absolute Gasteiger partial charge is 0.191 e. The minimum Gasteiger partial charge on any atom is -0.505 e. The Kier molecular flexibility index (Phi) is 6.80. The summed E-state index contributed by atoms with van der Waals surface area (Å²) < 4.78 is 18.8. The number of aromatic hydroxyl groups is 1. The zero-order valence-electron chi connectivity index (χ0n) is 14.9. The van der Waals surface area contributed by atoms with E-state index in [1.165, 1.54) is 12.1 Å². The van der Waals surface area contributed by atoms with Crippen LogP contribution >= 0.6 is 0 Å². The van der Waals surface area contributed by atoms with Gasteiger partial charge in [-0.25, -0.2) is 9.38 Å². The molecule has 0 atom stereocenters. The van der Waals surface area contributed by atoms with E-state index in [0.29, 0.717) is 31.2 Å². The fourth-order valence-electron chi connectivity index (χ4n) is 2.47. The van der Waals surface area contributed by atoms with E-state index in [9.17, 15) is 9.50 Å². The number of nitrogens with zero attached hydrogens (tertiary/aromatic N) is 2. The number of aliphatic imine (C=N–C) groups is 1. The van der Waals surface area contributed by atoms with Gasteiger partial charge in [0.2, 0.25) is 0 Å². The Balaban J connectivity index is 2.07. The normalized spacial score (nSPS) is 11.6. The number of benzene rings is 1. The number of nitrogens with one attached hydrogen (secondary N) is 2. The average Bonchev–Trinajstić information content (AvgIpc) is 3.02. The first-order valence-electron chi connectivity index (χ1n) is 8.54. The molecule has 0 aliphatic heterocycles. The van der Waals surface area contributed by atoms with Crippen LogP contribution in [0.2, 0.25) is 0 Å². The summed E-state index contributed by atoms with van der Waals surface area (Å²) in [6, 6.07) is 4.27. The highest BCUT2D eigenvalue weighted by Crippen LogP contribution is 2.17. The molecule has 0 spiro atoms. The molecule has 2 aromatic rings. The topological polar surface area (TPSA) is 82.7 Å². The van der Waals surface area contributed by atoms with Gasteiger partial charge in [-0.05, 0) is 31.0 Å². The second kappa shape index (κ2) is 9.05. The maximum Gasteiger partial charge on any atom is 0.191 e. The van der Waals surface area contributed by atoms with Gasteiger partial charge in [0.25, 0.3) is 0 Å². The highest BCUT2D eigenvalue weighted by Gasteiger charge is 2.13. The first kappa shape index (κ1) is 18.8. The van der Waals surface area contributed by atoms with E-state index in [1.807, 2.05) is 20.8 Å². The van der Waals surface area contributed by atoms with Crippen LogP contribution < -0.4 is 10.6 Å². The summed E-state index contributed by atoms with van der Waals surface area (Å²) in [6.45, 7) is 7.62. The number of guanidine groups is 1. The van der Waals surface area contributed by atoms with Gasteiger partial charge < -0.3 is 20.3 Å². The first-order chi connectivity index (χ1) is 12.1. The number of aryl methyl sites for hydroxylation is 2. The van der Waals surface area contributed by atoms with Crippen LogP contribution in [0.4, 0.5) is 4.39 Å². The van der Waals surface area contributed by atoms with Crippen LogP contribution in [0.3, 0.4) is 0 Å². The molecule has 0 fully saturated rings. The number of phenols is 1. The van der Waals surface area contributed by atoms with Crippen molar-refractivity contribution in [1.82, 2.24) is 15.8 Å². The number of aromatic nitrogens is 1. The molecule has 7 heteroatoms. The van der Waals surface area contributed by atoms with Crippen LogP contribution in [-0.2, 0) is 25.9 Å². The van der Waals surface area contributed by atoms with Crippen molar-refractivity contribution in [1.29, 1.82) is 0 Å². The van der Waals surface area contributed by atoms with Crippen molar-refractivity contribution in [3.63, 3.8) is 0 Å². The minimum atomic E-state index is -0.643. The van der Waals surface area contributed by atoms with Crippen molar-refractivity contribution in [2.24, 2.45) is 4.99 Å². The van der Waals surface area contributed by atoms with Gasteiger partial charge in [0, 0.05) is 25.1 Å². The standard InChI is InChI=1S/C18H25FN4O2/c1-4-15-13(17(5-2)25-23-15)11-22-18(20-6-3)21-10-12-7-8-16(24)14(19)9-12/h7-9,24H,4-6,10-11H2,1-3H3,(H2,20,21,22). The van der Waals surface area contributed by atoms with Gasteiger partial charge >= 0.3 is 0 Å². The summed E-state index contributed by atoms with van der Waals surface area (Å²) in [7, 11) is 0. The summed E-state index contributed by atoms with van der Waals surface area (Å²) in [5, 5.41) is 19.8. The van der Waals surface area contributed by atoms with Gasteiger partial charge in [0.1, 0.15) is 5.76 Å². The fourth-order valence-corrected chi connectivity index (χ4v) is 2.47. The highest BCUT2D eigenvalue weighted by molar-refractivity contribution is 5.79. The van der Waals surface area contributed by atoms with Crippen LogP contribution in [-0.4, -0.2) is 22.8 Å². The van der Waals surface area contributed by atoms with Crippen molar-refractivity contribution in [3.05, 3.63) is 46.6 Å². The van der Waals surface area contributed by atoms with Gasteiger partial charge in [-0.2, -0.15) is 0 Å². The van der Waals surface area contributed by atoms with E-state index in [0.717, 1.165) is 29.9 Å². The number of phenolic OH excluding ortho intramolecular Hbond substituents is 1. The summed E-state index contributed by atoms with van der Waals surface area (Å²) in [5.41, 5.74) is 2.69. The van der Waals surface area contributed by atoms with E-state index in [4.69, 9.17) is 4.52 Å². The largest absolute Gasteiger partial charge is 0.505 e. The zero-order valence-corrected chi connectivity index (χ0v) is 14.9. The monoisotopic (exact) mass is 348 g/mol. The molecule has 0 unspecified atom stereocenters. The van der Waals surface area contributed by atoms with Crippen LogP contribution in [0.15, 0.2) is 27.7 Å². The van der Waals surface area contributed by atoms with Crippen molar-refractivity contribution >= 4 is 5.96 Å². The zero-order chi connectivity index (χ0) is 18.2. The van der Waals surface area contributed by atoms with Gasteiger partial charge in [0.15, 0.2) is 17.5 Å². The molecule has 0 aliphatic carbocycles. The fraction of sp³-hybridized carbons (Fsp3) is 0.444. The van der Waals surface area contributed by atoms with Crippen molar-refractivity contribution < 1.29 is 14.0 Å². The third-order valence-corrected chi connectivity index (χ3v) is 3.82. The summed E-state index contributed by atoms with van der Waals surface area (Å²) in [5.74, 6) is 0.502. The highest BCUT2D eigenvalue weighted by atomic mass is 19.1. The molecule has 25 heavy (non-hydrogen) atoms. The van der Waals surface area contributed by atoms with Crippen molar-refractivity contribution in [3.8, 4) is 5.75 Å². The van der Waals surface area contributed by atoms with E-state index in [1.54, 1.807) is 6.07 Å². The van der Waals surface area contributed by atoms with E-state index >= 15 is 0 Å². The Morgan fingerprint density at radius 1 is 1.24 bits per heavy atom. The molecular weight excluding hydrogens is 323 g/mol. The molecule has 0 saturated carbocycles. The molecule has 1 heterocycles. The Morgan fingerprint density at radius 3 is 2.68 bits per heavy atom. The van der Waals surface area contributed by atoms with E-state index in [-0.39, 0.29) is 5.75 Å². The lowest BCUT2D eigenvalue weighted by molar-refractivity contribution is 0.380. The van der Waals surface area contributed by atoms with Crippen LogP contribution in [0.5, 0.6) is 5.75 Å². The molecule has 0 bridgehead atoms. The summed E-state index contributed by atoms with van der Waals surface area (Å²) in [4.78, 5) is 4.46. The molecule has 136 valence electrons. The quantitative estimate of drug-likeness (QED) is 0.529. The van der Waals surface area contributed by atoms with Gasteiger partial charge in [-0.3, -0.25) is 0 Å². The Morgan fingerprint density at radius 2 is 2.04 bits per heavy atom. The first-order valence-corrected chi connectivity index (χ1v) is 8.54. The number of hydrogen-bond acceptors (Lipinski definition) is 4. The maximum absolute atomic E-state index is 13.4. The molecular formula is C18H25FN4O2. The predicted octanol–water partition coefficient (Wildman–Crippen LogP) is 2.90. The van der Waals surface area contributed by atoms with Gasteiger partial charge in [-0.15, -0.1) is 0 Å². The molecule has 6 nitrogen and oxygen atoms in total. The summed E-state index contributed by atoms with van der Waals surface area (Å²) in [6.07, 6.45) is 1.59. The Hall–Kier alpha value is -2.57. The van der Waals surface area contributed by atoms with Crippen molar-refractivity contribution in [2.75, 3.05) is 6.54 Å². The lowest BCUT2D eigenvalue weighted by Gasteiger charge is -2.12. The van der Waals surface area contributed by atoms with E-state index < -0.39 is 5.82 Å². The summed E-state index contributed by atoms with van der Waals surface area (Å²) >= 11 is 0. The molecule has 1 aromatic carbocycles. The second-order valence-corrected chi connectivity index (χ2v) is 5.57. The molecule has 3 N–H and O–H groups in total. The van der Waals surface area contributed by atoms with Gasteiger partial charge in [0.05, 0.1) is 12.2 Å². The third-order valence-electron chi connectivity index (χ3n) is 3.82. The van der Waals surface area contributed by atoms with Crippen LogP contribution in [0.25, 0.3) is 0 Å². The number of halogens is 1. The molecule has 1 aromatic heterocycles. The SMILES string of the molecule is CCNC(=NCc1ccc(O)c(F)c1)NCc1c(CC)noc1CC.